The van der Waals surface area contributed by atoms with E-state index in [2.05, 4.69) is 64.4 Å². The zero-order valence-electron chi connectivity index (χ0n) is 19.9. The van der Waals surface area contributed by atoms with E-state index in [1.165, 1.54) is 22.9 Å². The van der Waals surface area contributed by atoms with Crippen LogP contribution in [-0.2, 0) is 22.5 Å². The molecule has 6 nitrogen and oxygen atoms in total. The summed E-state index contributed by atoms with van der Waals surface area (Å²) < 4.78 is 5.49. The summed E-state index contributed by atoms with van der Waals surface area (Å²) >= 11 is 1.29. The van der Waals surface area contributed by atoms with Crippen molar-refractivity contribution in [1.82, 2.24) is 15.3 Å². The average Bonchev–Trinajstić information content (AvgIpc) is 2.89. The quantitative estimate of drug-likeness (QED) is 0.208. The number of morpholine rings is 1. The summed E-state index contributed by atoms with van der Waals surface area (Å²) in [5, 5.41) is 8.82. The summed E-state index contributed by atoms with van der Waals surface area (Å²) in [6, 6.07) is 19.1. The van der Waals surface area contributed by atoms with Gasteiger partial charge in [0.2, 0.25) is 0 Å². The molecule has 1 amide bonds. The monoisotopic (exact) mass is 481 g/mol. The number of allylic oxidation sites excluding steroid dienone is 2. The summed E-state index contributed by atoms with van der Waals surface area (Å²) in [6.07, 6.45) is 8.35. The molecule has 1 saturated heterocycles. The molecule has 0 saturated carbocycles. The van der Waals surface area contributed by atoms with Gasteiger partial charge in [0.05, 0.1) is 18.1 Å². The highest BCUT2D eigenvalue weighted by atomic mass is 32.2. The van der Waals surface area contributed by atoms with E-state index in [4.69, 9.17) is 9.94 Å². The topological polar surface area (TPSA) is 65.0 Å². The maximum atomic E-state index is 11.6. The maximum absolute atomic E-state index is 11.6. The zero-order valence-corrected chi connectivity index (χ0v) is 20.7. The van der Waals surface area contributed by atoms with Crippen molar-refractivity contribution in [2.24, 2.45) is 0 Å². The molecule has 1 aliphatic heterocycles. The van der Waals surface area contributed by atoms with Crippen molar-refractivity contribution in [2.45, 2.75) is 13.0 Å². The van der Waals surface area contributed by atoms with Gasteiger partial charge in [-0.05, 0) is 35.4 Å². The average molecular weight is 482 g/mol. The number of carbonyl (C=O) groups is 1. The Labute approximate surface area is 207 Å². The Morgan fingerprint density at radius 2 is 1.88 bits per heavy atom. The first-order chi connectivity index (χ1) is 16.7. The SMILES string of the molecule is CS/C(=C\C=C\c1cccc(CN(CCc2ccccc2)CCN2CCOCC2)c1)C(=O)NO. The van der Waals surface area contributed by atoms with Gasteiger partial charge >= 0.3 is 0 Å². The van der Waals surface area contributed by atoms with Gasteiger partial charge in [-0.15, -0.1) is 11.8 Å². The summed E-state index contributed by atoms with van der Waals surface area (Å²) in [4.78, 5) is 17.1. The van der Waals surface area contributed by atoms with Gasteiger partial charge in [-0.3, -0.25) is 19.8 Å². The van der Waals surface area contributed by atoms with Gasteiger partial charge in [0.1, 0.15) is 0 Å². The number of nitrogens with one attached hydrogen (secondary N) is 1. The molecule has 34 heavy (non-hydrogen) atoms. The Bertz CT molecular complexity index is 943. The molecule has 7 heteroatoms. The van der Waals surface area contributed by atoms with E-state index in [9.17, 15) is 4.79 Å². The molecule has 0 unspecified atom stereocenters. The van der Waals surface area contributed by atoms with E-state index < -0.39 is 5.91 Å². The molecule has 1 fully saturated rings. The first-order valence-corrected chi connectivity index (χ1v) is 12.9. The number of thioether (sulfide) groups is 1. The van der Waals surface area contributed by atoms with E-state index in [-0.39, 0.29) is 0 Å². The van der Waals surface area contributed by atoms with Gasteiger partial charge in [-0.2, -0.15) is 0 Å². The molecule has 0 spiro atoms. The molecule has 182 valence electrons. The molecule has 0 atom stereocenters. The molecular weight excluding hydrogens is 446 g/mol. The Kier molecular flexibility index (Phi) is 11.4. The van der Waals surface area contributed by atoms with Crippen molar-refractivity contribution >= 4 is 23.7 Å². The summed E-state index contributed by atoms with van der Waals surface area (Å²) in [5.41, 5.74) is 5.38. The molecule has 2 aromatic rings. The molecule has 2 N–H and O–H groups in total. The molecule has 1 aliphatic rings. The van der Waals surface area contributed by atoms with Crippen molar-refractivity contribution in [2.75, 3.05) is 52.2 Å². The van der Waals surface area contributed by atoms with Crippen molar-refractivity contribution in [3.05, 3.63) is 88.3 Å². The van der Waals surface area contributed by atoms with Crippen LogP contribution in [-0.4, -0.2) is 73.1 Å². The van der Waals surface area contributed by atoms with Crippen LogP contribution in [0.1, 0.15) is 16.7 Å². The lowest BCUT2D eigenvalue weighted by Crippen LogP contribution is -2.41. The number of benzene rings is 2. The lowest BCUT2D eigenvalue weighted by molar-refractivity contribution is -0.124. The maximum Gasteiger partial charge on any atom is 0.281 e. The summed E-state index contributed by atoms with van der Waals surface area (Å²) in [7, 11) is 0. The van der Waals surface area contributed by atoms with E-state index in [0.717, 1.165) is 64.5 Å². The lowest BCUT2D eigenvalue weighted by Gasteiger charge is -2.30. The normalized spacial score (nSPS) is 15.2. The number of amides is 1. The van der Waals surface area contributed by atoms with Crippen LogP contribution in [0.25, 0.3) is 6.08 Å². The Balaban J connectivity index is 1.64. The van der Waals surface area contributed by atoms with Crippen LogP contribution in [0.5, 0.6) is 0 Å². The molecule has 0 bridgehead atoms. The second-order valence-electron chi connectivity index (χ2n) is 8.25. The summed E-state index contributed by atoms with van der Waals surface area (Å²) in [6.45, 7) is 7.62. The van der Waals surface area contributed by atoms with Crippen molar-refractivity contribution in [3.8, 4) is 0 Å². The molecule has 0 radical (unpaired) electrons. The van der Waals surface area contributed by atoms with Crippen LogP contribution in [0.15, 0.2) is 71.7 Å². The number of hydroxylamine groups is 1. The first kappa shape index (κ1) is 26.2. The van der Waals surface area contributed by atoms with Gasteiger partial charge in [0.15, 0.2) is 0 Å². The first-order valence-electron chi connectivity index (χ1n) is 11.7. The number of rotatable bonds is 12. The Hall–Kier alpha value is -2.42. The smallest absolute Gasteiger partial charge is 0.281 e. The van der Waals surface area contributed by atoms with Crippen LogP contribution in [0.3, 0.4) is 0 Å². The van der Waals surface area contributed by atoms with Gasteiger partial charge in [-0.1, -0.05) is 66.7 Å². The van der Waals surface area contributed by atoms with Gasteiger partial charge in [0.25, 0.3) is 5.91 Å². The minimum Gasteiger partial charge on any atom is -0.379 e. The molecule has 2 aromatic carbocycles. The van der Waals surface area contributed by atoms with Crippen molar-refractivity contribution in [1.29, 1.82) is 0 Å². The van der Waals surface area contributed by atoms with Crippen LogP contribution >= 0.6 is 11.8 Å². The number of nitrogens with zero attached hydrogens (tertiary/aromatic N) is 2. The van der Waals surface area contributed by atoms with Gasteiger partial charge in [0, 0.05) is 39.3 Å². The largest absolute Gasteiger partial charge is 0.379 e. The van der Waals surface area contributed by atoms with Gasteiger partial charge in [-0.25, -0.2) is 5.48 Å². The molecular formula is C27H35N3O3S. The fourth-order valence-electron chi connectivity index (χ4n) is 3.90. The molecule has 0 aromatic heterocycles. The highest BCUT2D eigenvalue weighted by Gasteiger charge is 2.13. The predicted molar refractivity (Wildman–Crippen MR) is 140 cm³/mol. The van der Waals surface area contributed by atoms with Crippen LogP contribution in [0, 0.1) is 0 Å². The minimum atomic E-state index is -0.500. The van der Waals surface area contributed by atoms with E-state index in [1.54, 1.807) is 17.8 Å². The second-order valence-corrected chi connectivity index (χ2v) is 9.09. The van der Waals surface area contributed by atoms with Crippen LogP contribution in [0.4, 0.5) is 0 Å². The minimum absolute atomic E-state index is 0.449. The fourth-order valence-corrected chi connectivity index (χ4v) is 4.35. The Morgan fingerprint density at radius 1 is 1.12 bits per heavy atom. The number of ether oxygens (including phenoxy) is 1. The number of carbonyl (C=O) groups excluding carboxylic acids is 1. The highest BCUT2D eigenvalue weighted by molar-refractivity contribution is 8.03. The van der Waals surface area contributed by atoms with E-state index in [0.29, 0.717) is 4.91 Å². The fraction of sp³-hybridized carbons (Fsp3) is 0.370. The Morgan fingerprint density at radius 3 is 2.62 bits per heavy atom. The third-order valence-electron chi connectivity index (χ3n) is 5.83. The number of hydrogen-bond acceptors (Lipinski definition) is 6. The highest BCUT2D eigenvalue weighted by Crippen LogP contribution is 2.14. The molecule has 3 rings (SSSR count). The van der Waals surface area contributed by atoms with E-state index in [1.807, 2.05) is 12.2 Å². The predicted octanol–water partition coefficient (Wildman–Crippen LogP) is 3.83. The van der Waals surface area contributed by atoms with Gasteiger partial charge < -0.3 is 4.74 Å². The summed E-state index contributed by atoms with van der Waals surface area (Å²) in [5.74, 6) is -0.500. The standard InChI is InChI=1S/C27H35N3O3S/c1-34-26(27(31)28-32)12-6-10-24-9-5-11-25(21-24)22-30(14-13-23-7-3-2-4-8-23)16-15-29-17-19-33-20-18-29/h2-12,21,32H,13-20,22H2,1H3,(H,28,31)/b10-6+,26-12-. The number of hydrogen-bond donors (Lipinski definition) is 2. The van der Waals surface area contributed by atoms with Crippen molar-refractivity contribution < 1.29 is 14.7 Å². The van der Waals surface area contributed by atoms with E-state index >= 15 is 0 Å². The lowest BCUT2D eigenvalue weighted by atomic mass is 10.1. The molecule has 0 aliphatic carbocycles. The van der Waals surface area contributed by atoms with Crippen LogP contribution in [0.2, 0.25) is 0 Å². The third-order valence-corrected chi connectivity index (χ3v) is 6.60. The van der Waals surface area contributed by atoms with Crippen molar-refractivity contribution in [3.63, 3.8) is 0 Å². The third kappa shape index (κ3) is 9.08. The second kappa shape index (κ2) is 14.8. The molecule has 1 heterocycles. The zero-order chi connectivity index (χ0) is 24.0. The van der Waals surface area contributed by atoms with Crippen LogP contribution < -0.4 is 5.48 Å².